The number of nitrogens with one attached hydrogen (secondary N) is 2. The van der Waals surface area contributed by atoms with Crippen LogP contribution in [0, 0.1) is 13.8 Å². The molecular weight excluding hydrogens is 554 g/mol. The number of carbonyl (C=O) groups excluding carboxylic acids is 3. The molecule has 0 spiro atoms. The van der Waals surface area contributed by atoms with E-state index >= 15 is 0 Å². The molecule has 1 saturated carbocycles. The van der Waals surface area contributed by atoms with Gasteiger partial charge in [0.2, 0.25) is 5.91 Å². The van der Waals surface area contributed by atoms with E-state index < -0.39 is 35.6 Å². The molecule has 1 fully saturated rings. The van der Waals surface area contributed by atoms with Gasteiger partial charge in [-0.15, -0.1) is 0 Å². The van der Waals surface area contributed by atoms with E-state index in [2.05, 4.69) is 10.6 Å². The highest BCUT2D eigenvalue weighted by Gasteiger charge is 2.44. The minimum atomic E-state index is -1.04. The third-order valence-electron chi connectivity index (χ3n) is 6.91. The van der Waals surface area contributed by atoms with Crippen LogP contribution in [0.4, 0.5) is 10.5 Å². The highest BCUT2D eigenvalue weighted by Crippen LogP contribution is 2.37. The van der Waals surface area contributed by atoms with Crippen molar-refractivity contribution in [3.05, 3.63) is 94.0 Å². The van der Waals surface area contributed by atoms with Crippen LogP contribution >= 0.6 is 11.6 Å². The Morgan fingerprint density at radius 1 is 1.02 bits per heavy atom. The molecule has 2 atom stereocenters. The van der Waals surface area contributed by atoms with Gasteiger partial charge in [-0.3, -0.25) is 9.59 Å². The van der Waals surface area contributed by atoms with Gasteiger partial charge in [-0.25, -0.2) is 4.79 Å². The van der Waals surface area contributed by atoms with Crippen molar-refractivity contribution in [1.29, 1.82) is 0 Å². The summed E-state index contributed by atoms with van der Waals surface area (Å²) in [6.07, 6.45) is 0.849. The van der Waals surface area contributed by atoms with E-state index in [0.29, 0.717) is 16.3 Å². The Balaban J connectivity index is 1.74. The number of amides is 3. The molecule has 0 bridgehead atoms. The standard InChI is InChI=1S/C33H38ClN3O5/c1-20-8-6-10-23(18-20)29(30(39)36-28-21(2)9-7-11-26(28)34)37(24-14-15-24)31(40)27(35-32(41)42-33(3,4)5)19-22-12-16-25(38)17-13-22/h6-13,16-18,24,27,29,38H,14-15,19H2,1-5H3,(H,35,41)(H,36,39). The van der Waals surface area contributed by atoms with Gasteiger partial charge in [0.1, 0.15) is 23.4 Å². The first-order valence-electron chi connectivity index (χ1n) is 14.0. The smallest absolute Gasteiger partial charge is 0.408 e. The van der Waals surface area contributed by atoms with Gasteiger partial charge in [0.15, 0.2) is 0 Å². The highest BCUT2D eigenvalue weighted by molar-refractivity contribution is 6.34. The van der Waals surface area contributed by atoms with Gasteiger partial charge in [0.25, 0.3) is 5.91 Å². The Morgan fingerprint density at radius 2 is 1.69 bits per heavy atom. The minimum Gasteiger partial charge on any atom is -0.508 e. The fourth-order valence-electron chi connectivity index (χ4n) is 4.83. The Labute approximate surface area is 252 Å². The number of aromatic hydroxyl groups is 1. The third kappa shape index (κ3) is 8.03. The van der Waals surface area contributed by atoms with Crippen molar-refractivity contribution in [2.75, 3.05) is 5.32 Å². The number of phenolic OH excluding ortho intramolecular Hbond substituents is 1. The Morgan fingerprint density at radius 3 is 2.29 bits per heavy atom. The number of rotatable bonds is 9. The first kappa shape index (κ1) is 30.9. The number of carbonyl (C=O) groups is 3. The van der Waals surface area contributed by atoms with Crippen molar-refractivity contribution in [1.82, 2.24) is 10.2 Å². The van der Waals surface area contributed by atoms with Crippen molar-refractivity contribution in [3.8, 4) is 5.75 Å². The molecule has 1 aliphatic rings. The summed E-state index contributed by atoms with van der Waals surface area (Å²) in [5.41, 5.74) is 2.81. The summed E-state index contributed by atoms with van der Waals surface area (Å²) in [5, 5.41) is 15.9. The van der Waals surface area contributed by atoms with E-state index in [4.69, 9.17) is 16.3 Å². The summed E-state index contributed by atoms with van der Waals surface area (Å²) in [6, 6.07) is 17.1. The minimum absolute atomic E-state index is 0.0902. The van der Waals surface area contributed by atoms with E-state index in [1.54, 1.807) is 43.9 Å². The monoisotopic (exact) mass is 591 g/mol. The number of nitrogens with zero attached hydrogens (tertiary/aromatic N) is 1. The van der Waals surface area contributed by atoms with Crippen LogP contribution in [0.15, 0.2) is 66.7 Å². The fourth-order valence-corrected chi connectivity index (χ4v) is 5.10. The van der Waals surface area contributed by atoms with Crippen molar-refractivity contribution in [2.45, 2.75) is 77.6 Å². The summed E-state index contributed by atoms with van der Waals surface area (Å²) in [7, 11) is 0. The zero-order valence-electron chi connectivity index (χ0n) is 24.6. The van der Waals surface area contributed by atoms with Crippen LogP contribution in [-0.4, -0.2) is 45.6 Å². The van der Waals surface area contributed by atoms with Gasteiger partial charge in [0, 0.05) is 12.5 Å². The predicted octanol–water partition coefficient (Wildman–Crippen LogP) is 6.47. The van der Waals surface area contributed by atoms with Crippen molar-refractivity contribution >= 4 is 35.2 Å². The van der Waals surface area contributed by atoms with Gasteiger partial charge in [-0.1, -0.05) is 65.7 Å². The van der Waals surface area contributed by atoms with Crippen LogP contribution in [0.3, 0.4) is 0 Å². The molecule has 3 aromatic carbocycles. The molecule has 222 valence electrons. The lowest BCUT2D eigenvalue weighted by Crippen LogP contribution is -2.54. The second-order valence-electron chi connectivity index (χ2n) is 11.8. The molecule has 3 aromatic rings. The fraction of sp³-hybridized carbons (Fsp3) is 0.364. The SMILES string of the molecule is Cc1cccc(C(C(=O)Nc2c(C)cccc2Cl)N(C(=O)C(Cc2ccc(O)cc2)NC(=O)OC(C)(C)C)C2CC2)c1. The summed E-state index contributed by atoms with van der Waals surface area (Å²) >= 11 is 6.45. The normalized spacial score (nSPS) is 14.4. The number of hydrogen-bond acceptors (Lipinski definition) is 5. The molecule has 9 heteroatoms. The lowest BCUT2D eigenvalue weighted by molar-refractivity contribution is -0.141. The zero-order valence-corrected chi connectivity index (χ0v) is 25.4. The number of hydrogen-bond donors (Lipinski definition) is 3. The molecule has 8 nitrogen and oxygen atoms in total. The second-order valence-corrected chi connectivity index (χ2v) is 12.2. The molecule has 0 radical (unpaired) electrons. The molecule has 3 N–H and O–H groups in total. The predicted molar refractivity (Wildman–Crippen MR) is 164 cm³/mol. The molecule has 4 rings (SSSR count). The number of halogens is 1. The van der Waals surface area contributed by atoms with E-state index in [9.17, 15) is 19.5 Å². The molecule has 3 amide bonds. The first-order chi connectivity index (χ1) is 19.8. The molecule has 0 aliphatic heterocycles. The number of phenols is 1. The lowest BCUT2D eigenvalue weighted by Gasteiger charge is -2.35. The summed E-state index contributed by atoms with van der Waals surface area (Å²) in [6.45, 7) is 9.02. The van der Waals surface area contributed by atoms with Crippen molar-refractivity contribution < 1.29 is 24.2 Å². The molecule has 1 aliphatic carbocycles. The Kier molecular flexibility index (Phi) is 9.46. The number of ether oxygens (including phenoxy) is 1. The van der Waals surface area contributed by atoms with Gasteiger partial charge in [-0.05, 0) is 82.3 Å². The van der Waals surface area contributed by atoms with Gasteiger partial charge in [0.05, 0.1) is 10.7 Å². The summed E-state index contributed by atoms with van der Waals surface area (Å²) in [4.78, 5) is 43.1. The number of anilines is 1. The lowest BCUT2D eigenvalue weighted by atomic mass is 9.98. The van der Waals surface area contributed by atoms with Crippen LogP contribution < -0.4 is 10.6 Å². The topological polar surface area (TPSA) is 108 Å². The quantitative estimate of drug-likeness (QED) is 0.264. The van der Waals surface area contributed by atoms with Crippen LogP contribution in [0.5, 0.6) is 5.75 Å². The van der Waals surface area contributed by atoms with Crippen LogP contribution in [0.1, 0.15) is 61.9 Å². The van der Waals surface area contributed by atoms with E-state index in [1.165, 1.54) is 12.1 Å². The molecule has 0 aromatic heterocycles. The number of para-hydroxylation sites is 1. The summed E-state index contributed by atoms with van der Waals surface area (Å²) in [5.74, 6) is -0.723. The van der Waals surface area contributed by atoms with Crippen LogP contribution in [0.25, 0.3) is 0 Å². The maximum Gasteiger partial charge on any atom is 0.408 e. The number of aryl methyl sites for hydroxylation is 2. The van der Waals surface area contributed by atoms with Gasteiger partial charge >= 0.3 is 6.09 Å². The largest absolute Gasteiger partial charge is 0.508 e. The maximum absolute atomic E-state index is 14.5. The zero-order chi connectivity index (χ0) is 30.6. The molecular formula is C33H38ClN3O5. The first-order valence-corrected chi connectivity index (χ1v) is 14.4. The maximum atomic E-state index is 14.5. The van der Waals surface area contributed by atoms with E-state index in [1.807, 2.05) is 50.2 Å². The van der Waals surface area contributed by atoms with Crippen molar-refractivity contribution in [3.63, 3.8) is 0 Å². The molecule has 0 heterocycles. The third-order valence-corrected chi connectivity index (χ3v) is 7.23. The summed E-state index contributed by atoms with van der Waals surface area (Å²) < 4.78 is 5.49. The average Bonchev–Trinajstić information content (AvgIpc) is 3.74. The molecule has 0 saturated heterocycles. The number of alkyl carbamates (subject to hydrolysis) is 1. The van der Waals surface area contributed by atoms with Gasteiger partial charge < -0.3 is 25.4 Å². The van der Waals surface area contributed by atoms with E-state index in [-0.39, 0.29) is 18.2 Å². The number of benzene rings is 3. The van der Waals surface area contributed by atoms with Crippen molar-refractivity contribution in [2.24, 2.45) is 0 Å². The van der Waals surface area contributed by atoms with E-state index in [0.717, 1.165) is 29.5 Å². The second kappa shape index (κ2) is 12.9. The molecule has 2 unspecified atom stereocenters. The van der Waals surface area contributed by atoms with Crippen LogP contribution in [0.2, 0.25) is 5.02 Å². The van der Waals surface area contributed by atoms with Crippen LogP contribution in [-0.2, 0) is 20.7 Å². The average molecular weight is 592 g/mol. The highest BCUT2D eigenvalue weighted by atomic mass is 35.5. The Bertz CT molecular complexity index is 1430. The Hall–Kier alpha value is -4.04. The van der Waals surface area contributed by atoms with Gasteiger partial charge in [-0.2, -0.15) is 0 Å². The molecule has 42 heavy (non-hydrogen) atoms.